The van der Waals surface area contributed by atoms with E-state index in [-0.39, 0.29) is 5.02 Å². The van der Waals surface area contributed by atoms with Crippen molar-refractivity contribution in [3.05, 3.63) is 58.9 Å². The maximum Gasteiger partial charge on any atom is 0.145 e. The molecule has 0 aliphatic rings. The van der Waals surface area contributed by atoms with E-state index in [1.807, 2.05) is 31.3 Å². The number of halogens is 2. The van der Waals surface area contributed by atoms with Crippen LogP contribution in [0.1, 0.15) is 5.56 Å². The van der Waals surface area contributed by atoms with Crippen LogP contribution in [0.15, 0.2) is 42.5 Å². The van der Waals surface area contributed by atoms with E-state index < -0.39 is 5.82 Å². The molecule has 0 atom stereocenters. The minimum Gasteiger partial charge on any atom is -0.490 e. The van der Waals surface area contributed by atoms with Gasteiger partial charge in [-0.05, 0) is 36.9 Å². The van der Waals surface area contributed by atoms with E-state index in [9.17, 15) is 4.39 Å². The van der Waals surface area contributed by atoms with Gasteiger partial charge in [-0.3, -0.25) is 0 Å². The van der Waals surface area contributed by atoms with Gasteiger partial charge in [0.05, 0.1) is 5.02 Å². The molecule has 0 heterocycles. The fourth-order valence-corrected chi connectivity index (χ4v) is 1.91. The Balaban J connectivity index is 1.75. The molecule has 2 aromatic rings. The minimum absolute atomic E-state index is 0.0836. The van der Waals surface area contributed by atoms with Crippen LogP contribution in [0.25, 0.3) is 0 Å². The van der Waals surface area contributed by atoms with Gasteiger partial charge in [0.1, 0.15) is 30.5 Å². The highest BCUT2D eigenvalue weighted by atomic mass is 35.5. The third-order valence-electron chi connectivity index (χ3n) is 2.82. The van der Waals surface area contributed by atoms with Crippen molar-refractivity contribution in [3.8, 4) is 11.5 Å². The van der Waals surface area contributed by atoms with Crippen LogP contribution < -0.4 is 14.8 Å². The fourth-order valence-electron chi connectivity index (χ4n) is 1.79. The Morgan fingerprint density at radius 1 is 1.00 bits per heavy atom. The molecule has 112 valence electrons. The lowest BCUT2D eigenvalue weighted by atomic mass is 10.2. The van der Waals surface area contributed by atoms with Gasteiger partial charge in [-0.15, -0.1) is 0 Å². The van der Waals surface area contributed by atoms with Crippen LogP contribution in [0.5, 0.6) is 11.5 Å². The first-order valence-electron chi connectivity index (χ1n) is 6.63. The van der Waals surface area contributed by atoms with Gasteiger partial charge in [0, 0.05) is 12.6 Å². The zero-order chi connectivity index (χ0) is 15.1. The molecule has 0 unspecified atom stereocenters. The van der Waals surface area contributed by atoms with Crippen LogP contribution in [0.4, 0.5) is 4.39 Å². The number of hydrogen-bond acceptors (Lipinski definition) is 3. The molecule has 0 saturated heterocycles. The first-order chi connectivity index (χ1) is 10.2. The minimum atomic E-state index is -0.491. The normalized spacial score (nSPS) is 10.4. The van der Waals surface area contributed by atoms with Crippen LogP contribution >= 0.6 is 11.6 Å². The molecule has 0 aliphatic heterocycles. The summed E-state index contributed by atoms with van der Waals surface area (Å²) in [6, 6.07) is 12.2. The Hall–Kier alpha value is -1.78. The first kappa shape index (κ1) is 15.6. The summed E-state index contributed by atoms with van der Waals surface area (Å²) in [7, 11) is 1.90. The molecule has 0 bridgehead atoms. The Morgan fingerprint density at radius 3 is 2.24 bits per heavy atom. The van der Waals surface area contributed by atoms with Gasteiger partial charge < -0.3 is 14.8 Å². The average molecular weight is 310 g/mol. The maximum atomic E-state index is 13.2. The molecule has 3 nitrogen and oxygen atoms in total. The summed E-state index contributed by atoms with van der Waals surface area (Å²) >= 11 is 5.60. The summed E-state index contributed by atoms with van der Waals surface area (Å²) in [4.78, 5) is 0. The van der Waals surface area contributed by atoms with E-state index in [2.05, 4.69) is 5.32 Å². The monoisotopic (exact) mass is 309 g/mol. The number of ether oxygens (including phenoxy) is 2. The van der Waals surface area contributed by atoms with Gasteiger partial charge in [0.25, 0.3) is 0 Å². The van der Waals surface area contributed by atoms with E-state index in [0.29, 0.717) is 19.0 Å². The number of hydrogen-bond donors (Lipinski definition) is 1. The average Bonchev–Trinajstić information content (AvgIpc) is 2.49. The topological polar surface area (TPSA) is 30.5 Å². The van der Waals surface area contributed by atoms with Gasteiger partial charge in [-0.25, -0.2) is 4.39 Å². The van der Waals surface area contributed by atoms with Crippen molar-refractivity contribution in [1.82, 2.24) is 5.32 Å². The highest BCUT2D eigenvalue weighted by Crippen LogP contribution is 2.20. The molecule has 2 aromatic carbocycles. The molecular weight excluding hydrogens is 293 g/mol. The van der Waals surface area contributed by atoms with E-state index in [0.717, 1.165) is 12.3 Å². The lowest BCUT2D eigenvalue weighted by Gasteiger charge is -2.09. The molecule has 0 saturated carbocycles. The summed E-state index contributed by atoms with van der Waals surface area (Å²) in [5.74, 6) is 0.723. The molecule has 5 heteroatoms. The second-order valence-corrected chi connectivity index (χ2v) is 4.85. The lowest BCUT2D eigenvalue weighted by molar-refractivity contribution is 0.216. The summed E-state index contributed by atoms with van der Waals surface area (Å²) < 4.78 is 24.1. The molecule has 2 rings (SSSR count). The third-order valence-corrected chi connectivity index (χ3v) is 3.12. The molecule has 0 spiro atoms. The maximum absolute atomic E-state index is 13.2. The highest BCUT2D eigenvalue weighted by Gasteiger charge is 2.02. The van der Waals surface area contributed by atoms with Gasteiger partial charge >= 0.3 is 0 Å². The van der Waals surface area contributed by atoms with E-state index in [1.54, 1.807) is 6.07 Å². The van der Waals surface area contributed by atoms with Crippen molar-refractivity contribution < 1.29 is 13.9 Å². The number of benzene rings is 2. The Bertz CT molecular complexity index is 575. The van der Waals surface area contributed by atoms with Crippen molar-refractivity contribution in [2.24, 2.45) is 0 Å². The summed E-state index contributed by atoms with van der Waals surface area (Å²) in [6.45, 7) is 1.54. The quantitative estimate of drug-likeness (QED) is 0.792. The van der Waals surface area contributed by atoms with Crippen LogP contribution in [-0.4, -0.2) is 20.3 Å². The van der Waals surface area contributed by atoms with Crippen LogP contribution in [0.2, 0.25) is 5.02 Å². The van der Waals surface area contributed by atoms with Crippen LogP contribution in [-0.2, 0) is 6.54 Å². The predicted octanol–water partition coefficient (Wildman–Crippen LogP) is 3.66. The summed E-state index contributed by atoms with van der Waals surface area (Å²) in [6.07, 6.45) is 0. The number of rotatable bonds is 7. The van der Waals surface area contributed by atoms with E-state index in [4.69, 9.17) is 21.1 Å². The molecule has 21 heavy (non-hydrogen) atoms. The van der Waals surface area contributed by atoms with Crippen molar-refractivity contribution >= 4 is 11.6 Å². The van der Waals surface area contributed by atoms with Crippen molar-refractivity contribution in [2.75, 3.05) is 20.3 Å². The second kappa shape index (κ2) is 7.86. The molecule has 0 amide bonds. The molecule has 1 N–H and O–H groups in total. The highest BCUT2D eigenvalue weighted by molar-refractivity contribution is 6.30. The molecule has 0 fully saturated rings. The van der Waals surface area contributed by atoms with Crippen molar-refractivity contribution in [1.29, 1.82) is 0 Å². The zero-order valence-electron chi connectivity index (χ0n) is 11.7. The molecular formula is C16H17ClFNO2. The Kier molecular flexibility index (Phi) is 5.84. The standard InChI is InChI=1S/C16H17ClFNO2/c1-19-11-12-2-4-13(5-3-12)20-8-9-21-14-6-7-15(17)16(18)10-14/h2-7,10,19H,8-9,11H2,1H3. The second-order valence-electron chi connectivity index (χ2n) is 4.45. The Labute approximate surface area is 128 Å². The fraction of sp³-hybridized carbons (Fsp3) is 0.250. The van der Waals surface area contributed by atoms with Gasteiger partial charge in [0.15, 0.2) is 0 Å². The predicted molar refractivity (Wildman–Crippen MR) is 81.6 cm³/mol. The summed E-state index contributed by atoms with van der Waals surface area (Å²) in [5.41, 5.74) is 1.19. The summed E-state index contributed by atoms with van der Waals surface area (Å²) in [5, 5.41) is 3.17. The van der Waals surface area contributed by atoms with Crippen LogP contribution in [0.3, 0.4) is 0 Å². The molecule has 0 aliphatic carbocycles. The smallest absolute Gasteiger partial charge is 0.145 e. The number of nitrogens with one attached hydrogen (secondary N) is 1. The van der Waals surface area contributed by atoms with Gasteiger partial charge in [0.2, 0.25) is 0 Å². The van der Waals surface area contributed by atoms with Crippen LogP contribution in [0, 0.1) is 5.82 Å². The molecule has 0 aromatic heterocycles. The third kappa shape index (κ3) is 4.92. The van der Waals surface area contributed by atoms with Gasteiger partial charge in [-0.2, -0.15) is 0 Å². The van der Waals surface area contributed by atoms with E-state index in [1.165, 1.54) is 17.7 Å². The molecule has 0 radical (unpaired) electrons. The van der Waals surface area contributed by atoms with Crippen molar-refractivity contribution in [2.45, 2.75) is 6.54 Å². The lowest BCUT2D eigenvalue weighted by Crippen LogP contribution is -2.09. The van der Waals surface area contributed by atoms with Crippen molar-refractivity contribution in [3.63, 3.8) is 0 Å². The zero-order valence-corrected chi connectivity index (χ0v) is 12.5. The largest absolute Gasteiger partial charge is 0.490 e. The van der Waals surface area contributed by atoms with E-state index >= 15 is 0 Å². The first-order valence-corrected chi connectivity index (χ1v) is 7.01. The SMILES string of the molecule is CNCc1ccc(OCCOc2ccc(Cl)c(F)c2)cc1. The van der Waals surface area contributed by atoms with Gasteiger partial charge in [-0.1, -0.05) is 23.7 Å². The Morgan fingerprint density at radius 2 is 1.62 bits per heavy atom.